The van der Waals surface area contributed by atoms with Gasteiger partial charge in [-0.15, -0.1) is 0 Å². The number of aromatic hydroxyl groups is 2. The lowest BCUT2D eigenvalue weighted by atomic mass is 9.88. The van der Waals surface area contributed by atoms with Crippen molar-refractivity contribution < 1.29 is 10.2 Å². The van der Waals surface area contributed by atoms with E-state index in [2.05, 4.69) is 41.5 Å². The molecule has 2 N–H and O–H groups in total. The second-order valence-electron chi connectivity index (χ2n) is 11.1. The monoisotopic (exact) mass is 432 g/mol. The Balaban J connectivity index is 2.25. The van der Waals surface area contributed by atoms with Crippen LogP contribution in [0.4, 0.5) is 0 Å². The molecule has 0 fully saturated rings. The van der Waals surface area contributed by atoms with Crippen LogP contribution in [0.2, 0.25) is 0 Å². The Kier molecular flexibility index (Phi) is 12.6. The van der Waals surface area contributed by atoms with Gasteiger partial charge in [-0.05, 0) is 79.5 Å². The molecule has 1 aromatic rings. The molecular formula is C29H52O2. The van der Waals surface area contributed by atoms with E-state index in [0.29, 0.717) is 5.92 Å². The molecule has 0 saturated carbocycles. The zero-order valence-corrected chi connectivity index (χ0v) is 22.0. The van der Waals surface area contributed by atoms with Gasteiger partial charge in [-0.3, -0.25) is 0 Å². The Morgan fingerprint density at radius 2 is 0.903 bits per heavy atom. The number of benzene rings is 1. The first-order chi connectivity index (χ1) is 14.5. The lowest BCUT2D eigenvalue weighted by Crippen LogP contribution is -2.04. The number of hydrogen-bond acceptors (Lipinski definition) is 2. The second kappa shape index (κ2) is 14.1. The molecule has 0 bridgehead atoms. The third-order valence-electron chi connectivity index (χ3n) is 7.56. The summed E-state index contributed by atoms with van der Waals surface area (Å²) in [6, 6.07) is 0. The average molecular weight is 433 g/mol. The molecule has 3 atom stereocenters. The van der Waals surface area contributed by atoms with Crippen molar-refractivity contribution in [2.75, 3.05) is 0 Å². The predicted molar refractivity (Wildman–Crippen MR) is 136 cm³/mol. The van der Waals surface area contributed by atoms with Crippen molar-refractivity contribution in [1.29, 1.82) is 0 Å². The first-order valence-electron chi connectivity index (χ1n) is 13.0. The predicted octanol–water partition coefficient (Wildman–Crippen LogP) is 9.03. The highest BCUT2D eigenvalue weighted by Gasteiger charge is 2.17. The fourth-order valence-electron chi connectivity index (χ4n) is 4.89. The van der Waals surface area contributed by atoms with Gasteiger partial charge in [0.05, 0.1) is 0 Å². The zero-order chi connectivity index (χ0) is 23.6. The number of rotatable bonds is 15. The highest BCUT2D eigenvalue weighted by molar-refractivity contribution is 5.57. The lowest BCUT2D eigenvalue weighted by Gasteiger charge is -2.19. The highest BCUT2D eigenvalue weighted by Crippen LogP contribution is 2.38. The van der Waals surface area contributed by atoms with Crippen LogP contribution in [-0.2, 0) is 6.42 Å². The van der Waals surface area contributed by atoms with Crippen molar-refractivity contribution in [3.05, 3.63) is 22.3 Å². The van der Waals surface area contributed by atoms with Crippen LogP contribution in [-0.4, -0.2) is 10.2 Å². The Hall–Kier alpha value is -1.18. The van der Waals surface area contributed by atoms with Gasteiger partial charge < -0.3 is 10.2 Å². The fourth-order valence-corrected chi connectivity index (χ4v) is 4.89. The Labute approximate surface area is 193 Å². The fraction of sp³-hybridized carbons (Fsp3) is 0.793. The maximum Gasteiger partial charge on any atom is 0.160 e. The maximum absolute atomic E-state index is 10.2. The van der Waals surface area contributed by atoms with Crippen LogP contribution in [0.3, 0.4) is 0 Å². The second-order valence-corrected chi connectivity index (χ2v) is 11.1. The minimum Gasteiger partial charge on any atom is -0.504 e. The van der Waals surface area contributed by atoms with E-state index in [4.69, 9.17) is 0 Å². The summed E-state index contributed by atoms with van der Waals surface area (Å²) in [7, 11) is 0. The smallest absolute Gasteiger partial charge is 0.160 e. The molecule has 0 radical (unpaired) electrons. The van der Waals surface area contributed by atoms with E-state index in [1.807, 2.05) is 13.8 Å². The van der Waals surface area contributed by atoms with E-state index in [0.717, 1.165) is 47.3 Å². The molecule has 0 aromatic heterocycles. The molecule has 0 aliphatic rings. The molecule has 180 valence electrons. The molecule has 1 rings (SSSR count). The Bertz CT molecular complexity index is 618. The van der Waals surface area contributed by atoms with Gasteiger partial charge in [0, 0.05) is 0 Å². The third kappa shape index (κ3) is 9.87. The van der Waals surface area contributed by atoms with Crippen molar-refractivity contribution in [3.63, 3.8) is 0 Å². The molecule has 0 spiro atoms. The lowest BCUT2D eigenvalue weighted by molar-refractivity contribution is 0.374. The van der Waals surface area contributed by atoms with Crippen LogP contribution in [0, 0.1) is 44.4 Å². The summed E-state index contributed by atoms with van der Waals surface area (Å²) >= 11 is 0. The summed E-state index contributed by atoms with van der Waals surface area (Å²) in [5.41, 5.74) is 4.01. The highest BCUT2D eigenvalue weighted by atomic mass is 16.3. The molecule has 31 heavy (non-hydrogen) atoms. The quantitative estimate of drug-likeness (QED) is 0.271. The van der Waals surface area contributed by atoms with E-state index in [-0.39, 0.29) is 11.5 Å². The summed E-state index contributed by atoms with van der Waals surface area (Å²) in [5, 5.41) is 20.2. The van der Waals surface area contributed by atoms with Gasteiger partial charge in [0.25, 0.3) is 0 Å². The molecule has 0 heterocycles. The topological polar surface area (TPSA) is 40.5 Å². The van der Waals surface area contributed by atoms with E-state index < -0.39 is 0 Å². The summed E-state index contributed by atoms with van der Waals surface area (Å²) in [5.74, 6) is 3.39. The summed E-state index contributed by atoms with van der Waals surface area (Å²) < 4.78 is 0. The molecule has 0 amide bonds. The molecule has 1 aromatic carbocycles. The molecule has 0 aliphatic heterocycles. The molecule has 0 aliphatic carbocycles. The average Bonchev–Trinajstić information content (AvgIpc) is 2.70. The van der Waals surface area contributed by atoms with Gasteiger partial charge in [0.15, 0.2) is 11.5 Å². The van der Waals surface area contributed by atoms with E-state index in [9.17, 15) is 10.2 Å². The minimum atomic E-state index is 0.0470. The maximum atomic E-state index is 10.2. The van der Waals surface area contributed by atoms with E-state index >= 15 is 0 Å². The van der Waals surface area contributed by atoms with Crippen LogP contribution >= 0.6 is 0 Å². The molecule has 0 saturated heterocycles. The normalized spacial score (nSPS) is 14.7. The summed E-state index contributed by atoms with van der Waals surface area (Å²) in [4.78, 5) is 0. The van der Waals surface area contributed by atoms with Crippen LogP contribution < -0.4 is 0 Å². The van der Waals surface area contributed by atoms with Crippen molar-refractivity contribution in [2.24, 2.45) is 23.7 Å². The van der Waals surface area contributed by atoms with Crippen molar-refractivity contribution in [3.8, 4) is 11.5 Å². The molecule has 2 nitrogen and oxygen atoms in total. The number of phenolic OH excluding ortho intramolecular Hbond substituents is 2. The summed E-state index contributed by atoms with van der Waals surface area (Å²) in [6.45, 7) is 17.8. The van der Waals surface area contributed by atoms with Gasteiger partial charge in [-0.2, -0.15) is 0 Å². The zero-order valence-electron chi connectivity index (χ0n) is 22.0. The number of hydrogen-bond donors (Lipinski definition) is 2. The van der Waals surface area contributed by atoms with Gasteiger partial charge in [-0.25, -0.2) is 0 Å². The van der Waals surface area contributed by atoms with Gasteiger partial charge in [-0.1, -0.05) is 92.4 Å². The first kappa shape index (κ1) is 27.9. The van der Waals surface area contributed by atoms with Crippen molar-refractivity contribution >= 4 is 0 Å². The molecule has 2 heteroatoms. The van der Waals surface area contributed by atoms with Crippen molar-refractivity contribution in [2.45, 2.75) is 126 Å². The van der Waals surface area contributed by atoms with E-state index in [1.54, 1.807) is 0 Å². The standard InChI is InChI=1S/C29H52O2/c1-20(2)12-9-13-21(3)14-10-15-22(4)16-11-17-23(5)18-19-27-24(6)25(7)28(30)29(31)26(27)8/h20-23,30-31H,9-19H2,1-8H3. The minimum absolute atomic E-state index is 0.0470. The third-order valence-corrected chi connectivity index (χ3v) is 7.56. The van der Waals surface area contributed by atoms with Crippen LogP contribution in [0.5, 0.6) is 11.5 Å². The number of phenols is 2. The Morgan fingerprint density at radius 1 is 0.516 bits per heavy atom. The first-order valence-corrected chi connectivity index (χ1v) is 13.0. The van der Waals surface area contributed by atoms with E-state index in [1.165, 1.54) is 63.4 Å². The molecule has 3 unspecified atom stereocenters. The SMILES string of the molecule is Cc1c(C)c(CCC(C)CCCC(C)CCCC(C)CCCC(C)C)c(C)c(O)c1O. The van der Waals surface area contributed by atoms with Crippen molar-refractivity contribution in [1.82, 2.24) is 0 Å². The van der Waals surface area contributed by atoms with Crippen LogP contribution in [0.25, 0.3) is 0 Å². The Morgan fingerprint density at radius 3 is 1.35 bits per heavy atom. The largest absolute Gasteiger partial charge is 0.504 e. The molecular weight excluding hydrogens is 380 g/mol. The van der Waals surface area contributed by atoms with Gasteiger partial charge in [0.2, 0.25) is 0 Å². The van der Waals surface area contributed by atoms with Gasteiger partial charge >= 0.3 is 0 Å². The summed E-state index contributed by atoms with van der Waals surface area (Å²) in [6.07, 6.45) is 14.4. The van der Waals surface area contributed by atoms with Crippen LogP contribution in [0.1, 0.15) is 121 Å². The van der Waals surface area contributed by atoms with Crippen LogP contribution in [0.15, 0.2) is 0 Å². The van der Waals surface area contributed by atoms with Gasteiger partial charge in [0.1, 0.15) is 0 Å².